The van der Waals surface area contributed by atoms with Gasteiger partial charge in [-0.15, -0.1) is 0 Å². The first-order chi connectivity index (χ1) is 19.7. The molecule has 1 unspecified atom stereocenters. The van der Waals surface area contributed by atoms with Crippen molar-refractivity contribution in [3.8, 4) is 17.2 Å². The summed E-state index contributed by atoms with van der Waals surface area (Å²) in [5, 5.41) is 21.5. The van der Waals surface area contributed by atoms with Crippen molar-refractivity contribution in [3.63, 3.8) is 0 Å². The van der Waals surface area contributed by atoms with E-state index in [4.69, 9.17) is 18.9 Å². The van der Waals surface area contributed by atoms with Crippen molar-refractivity contribution in [1.82, 2.24) is 0 Å². The van der Waals surface area contributed by atoms with Crippen molar-refractivity contribution in [2.75, 3.05) is 13.2 Å². The van der Waals surface area contributed by atoms with Gasteiger partial charge in [0.15, 0.2) is 0 Å². The Balaban J connectivity index is 0.000000195. The molecule has 1 fully saturated rings. The Bertz CT molecular complexity index is 1480. The number of hydrogen-bond donors (Lipinski definition) is 0. The second kappa shape index (κ2) is 13.4. The second-order valence-corrected chi connectivity index (χ2v) is 9.33. The topological polar surface area (TPSA) is 126 Å². The molecule has 1 aliphatic heterocycles. The first kappa shape index (κ1) is 29.0. The van der Waals surface area contributed by atoms with Gasteiger partial charge in [0.2, 0.25) is 11.6 Å². The fourth-order valence-corrected chi connectivity index (χ4v) is 3.49. The minimum Gasteiger partial charge on any atom is -0.489 e. The Morgan fingerprint density at radius 2 is 1.24 bits per heavy atom. The SMILES string of the molecule is CC1(COc2cc(OCc3ccccc3)ccc2[N+](=O)[O-])CO1.O=[N+]([O-])c1ccc(OCc2ccccc2)cc1F. The van der Waals surface area contributed by atoms with Gasteiger partial charge in [-0.05, 0) is 30.2 Å². The molecule has 0 N–H and O–H groups in total. The van der Waals surface area contributed by atoms with E-state index in [0.29, 0.717) is 19.0 Å². The van der Waals surface area contributed by atoms with E-state index in [1.54, 1.807) is 12.1 Å². The molecule has 0 radical (unpaired) electrons. The smallest absolute Gasteiger partial charge is 0.311 e. The van der Waals surface area contributed by atoms with Gasteiger partial charge in [-0.1, -0.05) is 60.7 Å². The van der Waals surface area contributed by atoms with Crippen LogP contribution in [0.1, 0.15) is 18.1 Å². The van der Waals surface area contributed by atoms with Gasteiger partial charge in [-0.25, -0.2) is 0 Å². The predicted octanol–water partition coefficient (Wildman–Crippen LogP) is 6.65. The highest BCUT2D eigenvalue weighted by atomic mass is 19.1. The minimum atomic E-state index is -0.898. The molecule has 41 heavy (non-hydrogen) atoms. The molecule has 1 atom stereocenters. The molecule has 0 aromatic heterocycles. The van der Waals surface area contributed by atoms with Crippen LogP contribution in [0.25, 0.3) is 0 Å². The van der Waals surface area contributed by atoms with Crippen molar-refractivity contribution in [3.05, 3.63) is 134 Å². The fraction of sp³-hybridized carbons (Fsp3) is 0.200. The summed E-state index contributed by atoms with van der Waals surface area (Å²) in [6.45, 7) is 3.45. The lowest BCUT2D eigenvalue weighted by Crippen LogP contribution is -2.17. The first-order valence-electron chi connectivity index (χ1n) is 12.5. The van der Waals surface area contributed by atoms with Crippen molar-refractivity contribution in [1.29, 1.82) is 0 Å². The summed E-state index contributed by atoms with van der Waals surface area (Å²) in [6.07, 6.45) is 0. The van der Waals surface area contributed by atoms with Gasteiger partial charge in [0.1, 0.15) is 36.9 Å². The van der Waals surface area contributed by atoms with Crippen LogP contribution in [0.4, 0.5) is 15.8 Å². The number of benzene rings is 4. The van der Waals surface area contributed by atoms with E-state index < -0.39 is 21.4 Å². The summed E-state index contributed by atoms with van der Waals surface area (Å²) < 4.78 is 35.1. The number of halogens is 1. The summed E-state index contributed by atoms with van der Waals surface area (Å²) in [6, 6.07) is 27.1. The van der Waals surface area contributed by atoms with Crippen LogP contribution in [0.15, 0.2) is 97.1 Å². The fourth-order valence-electron chi connectivity index (χ4n) is 3.49. The summed E-state index contributed by atoms with van der Waals surface area (Å²) in [5.74, 6) is 0.0844. The Morgan fingerprint density at radius 1 is 0.756 bits per heavy atom. The van der Waals surface area contributed by atoms with Gasteiger partial charge in [0, 0.05) is 24.3 Å². The second-order valence-electron chi connectivity index (χ2n) is 9.33. The third-order valence-corrected chi connectivity index (χ3v) is 5.91. The van der Waals surface area contributed by atoms with E-state index in [-0.39, 0.29) is 36.0 Å². The summed E-state index contributed by atoms with van der Waals surface area (Å²) >= 11 is 0. The first-order valence-corrected chi connectivity index (χ1v) is 12.5. The van der Waals surface area contributed by atoms with Crippen LogP contribution in [-0.4, -0.2) is 28.7 Å². The van der Waals surface area contributed by atoms with Crippen molar-refractivity contribution in [2.24, 2.45) is 0 Å². The maximum absolute atomic E-state index is 13.3. The third kappa shape index (κ3) is 8.73. The van der Waals surface area contributed by atoms with Crippen LogP contribution in [0.5, 0.6) is 17.2 Å². The van der Waals surface area contributed by atoms with Gasteiger partial charge in [-0.2, -0.15) is 4.39 Å². The molecule has 11 heteroatoms. The van der Waals surface area contributed by atoms with E-state index >= 15 is 0 Å². The Kier molecular flexibility index (Phi) is 9.43. The highest BCUT2D eigenvalue weighted by Crippen LogP contribution is 2.34. The number of epoxide rings is 1. The predicted molar refractivity (Wildman–Crippen MR) is 148 cm³/mol. The van der Waals surface area contributed by atoms with Crippen LogP contribution in [0.2, 0.25) is 0 Å². The molecule has 4 aromatic carbocycles. The average Bonchev–Trinajstić information content (AvgIpc) is 3.72. The van der Waals surface area contributed by atoms with E-state index in [1.807, 2.05) is 67.6 Å². The van der Waals surface area contributed by atoms with E-state index in [9.17, 15) is 24.6 Å². The summed E-state index contributed by atoms with van der Waals surface area (Å²) in [7, 11) is 0. The van der Waals surface area contributed by atoms with Gasteiger partial charge in [-0.3, -0.25) is 20.2 Å². The zero-order valence-electron chi connectivity index (χ0n) is 22.1. The number of nitro groups is 2. The lowest BCUT2D eigenvalue weighted by atomic mass is 10.2. The summed E-state index contributed by atoms with van der Waals surface area (Å²) in [5.41, 5.74) is 0.987. The number of rotatable bonds is 11. The molecule has 1 saturated heterocycles. The highest BCUT2D eigenvalue weighted by molar-refractivity contribution is 5.50. The minimum absolute atomic E-state index is 0.0821. The van der Waals surface area contributed by atoms with Gasteiger partial charge in [0.25, 0.3) is 0 Å². The molecule has 0 bridgehead atoms. The highest BCUT2D eigenvalue weighted by Gasteiger charge is 2.40. The van der Waals surface area contributed by atoms with Crippen molar-refractivity contribution < 1.29 is 33.2 Å². The van der Waals surface area contributed by atoms with Gasteiger partial charge < -0.3 is 18.9 Å². The Hall–Kier alpha value is -5.03. The van der Waals surface area contributed by atoms with Crippen molar-refractivity contribution >= 4 is 11.4 Å². The Labute approximate surface area is 235 Å². The van der Waals surface area contributed by atoms with E-state index in [0.717, 1.165) is 23.3 Å². The molecular formula is C30H27FN2O8. The third-order valence-electron chi connectivity index (χ3n) is 5.91. The van der Waals surface area contributed by atoms with E-state index in [2.05, 4.69) is 0 Å². The molecule has 1 heterocycles. The van der Waals surface area contributed by atoms with Crippen LogP contribution in [0, 0.1) is 26.0 Å². The molecule has 4 aromatic rings. The molecule has 1 aliphatic rings. The summed E-state index contributed by atoms with van der Waals surface area (Å²) in [4.78, 5) is 20.3. The molecule has 0 amide bonds. The normalized spacial score (nSPS) is 15.2. The molecule has 0 spiro atoms. The van der Waals surface area contributed by atoms with Gasteiger partial charge in [0.05, 0.1) is 16.5 Å². The van der Waals surface area contributed by atoms with Crippen LogP contribution in [-0.2, 0) is 18.0 Å². The standard InChI is InChI=1S/C17H17NO5.C13H10FNO3/c1-17(12-23-17)11-22-16-9-14(7-8-15(16)18(19)20)21-10-13-5-3-2-4-6-13;14-12-8-11(6-7-13(12)15(16)17)18-9-10-4-2-1-3-5-10/h2-9H,10-12H2,1H3;1-8H,9H2. The maximum Gasteiger partial charge on any atom is 0.311 e. The lowest BCUT2D eigenvalue weighted by molar-refractivity contribution is -0.387. The van der Waals surface area contributed by atoms with Crippen molar-refractivity contribution in [2.45, 2.75) is 25.7 Å². The quantitative estimate of drug-likeness (QED) is 0.113. The zero-order chi connectivity index (χ0) is 29.2. The van der Waals surface area contributed by atoms with Crippen LogP contribution >= 0.6 is 0 Å². The Morgan fingerprint density at radius 3 is 1.71 bits per heavy atom. The molecular weight excluding hydrogens is 535 g/mol. The van der Waals surface area contributed by atoms with Crippen LogP contribution in [0.3, 0.4) is 0 Å². The molecule has 0 aliphatic carbocycles. The zero-order valence-corrected chi connectivity index (χ0v) is 22.1. The lowest BCUT2D eigenvalue weighted by Gasteiger charge is -2.11. The molecule has 0 saturated carbocycles. The van der Waals surface area contributed by atoms with Crippen LogP contribution < -0.4 is 14.2 Å². The average molecular weight is 563 g/mol. The van der Waals surface area contributed by atoms with E-state index in [1.165, 1.54) is 12.1 Å². The molecule has 212 valence electrons. The molecule has 10 nitrogen and oxygen atoms in total. The number of ether oxygens (including phenoxy) is 4. The monoisotopic (exact) mass is 562 g/mol. The maximum atomic E-state index is 13.3. The molecule has 5 rings (SSSR count). The largest absolute Gasteiger partial charge is 0.489 e. The number of hydrogen-bond acceptors (Lipinski definition) is 8. The number of nitrogens with zero attached hydrogens (tertiary/aromatic N) is 2. The number of nitro benzene ring substituents is 2. The van der Waals surface area contributed by atoms with Gasteiger partial charge >= 0.3 is 11.4 Å².